The molecule has 21 heavy (non-hydrogen) atoms. The van der Waals surface area contributed by atoms with E-state index < -0.39 is 6.10 Å². The summed E-state index contributed by atoms with van der Waals surface area (Å²) in [7, 11) is 0. The molecule has 1 unspecified atom stereocenters. The van der Waals surface area contributed by atoms with E-state index in [0.717, 1.165) is 29.7 Å². The Morgan fingerprint density at radius 2 is 2.14 bits per heavy atom. The van der Waals surface area contributed by atoms with Crippen molar-refractivity contribution in [2.24, 2.45) is 0 Å². The number of hydrogen-bond donors (Lipinski definition) is 2. The number of nitrogens with two attached hydrogens (primary N) is 1. The molecule has 0 bridgehead atoms. The summed E-state index contributed by atoms with van der Waals surface area (Å²) in [4.78, 5) is 8.83. The molecule has 1 atom stereocenters. The maximum Gasteiger partial charge on any atom is 0.138 e. The monoisotopic (exact) mass is 282 g/mol. The van der Waals surface area contributed by atoms with Gasteiger partial charge in [0.05, 0.1) is 11.0 Å². The Hall–Kier alpha value is -2.40. The van der Waals surface area contributed by atoms with Crippen molar-refractivity contribution >= 4 is 16.7 Å². The van der Waals surface area contributed by atoms with Crippen LogP contribution < -0.4 is 5.73 Å². The first-order valence-corrected chi connectivity index (χ1v) is 6.99. The first kappa shape index (κ1) is 13.6. The summed E-state index contributed by atoms with van der Waals surface area (Å²) in [6.45, 7) is 2.44. The molecule has 5 nitrogen and oxygen atoms in total. The average molecular weight is 282 g/mol. The normalized spacial score (nSPS) is 12.7. The molecule has 1 aromatic carbocycles. The summed E-state index contributed by atoms with van der Waals surface area (Å²) < 4.78 is 2.04. The lowest BCUT2D eigenvalue weighted by Gasteiger charge is -2.10. The predicted molar refractivity (Wildman–Crippen MR) is 82.7 cm³/mol. The van der Waals surface area contributed by atoms with Crippen molar-refractivity contribution in [3.8, 4) is 0 Å². The number of fused-ring (bicyclic) bond motifs is 1. The van der Waals surface area contributed by atoms with E-state index in [9.17, 15) is 5.11 Å². The Bertz CT molecular complexity index is 750. The fourth-order valence-electron chi connectivity index (χ4n) is 2.49. The summed E-state index contributed by atoms with van der Waals surface area (Å²) in [5.41, 5.74) is 9.29. The fourth-order valence-corrected chi connectivity index (χ4v) is 2.49. The highest BCUT2D eigenvalue weighted by molar-refractivity contribution is 5.79. The second-order valence-corrected chi connectivity index (χ2v) is 5.12. The zero-order valence-electron chi connectivity index (χ0n) is 11.9. The summed E-state index contributed by atoms with van der Waals surface area (Å²) >= 11 is 0. The van der Waals surface area contributed by atoms with Crippen molar-refractivity contribution in [3.63, 3.8) is 0 Å². The molecule has 0 spiro atoms. The lowest BCUT2D eigenvalue weighted by Crippen LogP contribution is -2.09. The maximum atomic E-state index is 9.94. The fraction of sp³-hybridized carbons (Fsp3) is 0.250. The third kappa shape index (κ3) is 2.73. The highest BCUT2D eigenvalue weighted by Crippen LogP contribution is 2.23. The standard InChI is InChI=1S/C16H18N4O/c1-11(21)16-19-14-10-12(17)5-6-15(14)20(16)9-7-13-4-2-3-8-18-13/h2-6,8,10-11,21H,7,9,17H2,1H3. The number of nitrogens with zero attached hydrogens (tertiary/aromatic N) is 3. The Morgan fingerprint density at radius 1 is 1.29 bits per heavy atom. The highest BCUT2D eigenvalue weighted by Gasteiger charge is 2.14. The van der Waals surface area contributed by atoms with E-state index in [-0.39, 0.29) is 0 Å². The van der Waals surface area contributed by atoms with Gasteiger partial charge < -0.3 is 15.4 Å². The van der Waals surface area contributed by atoms with Gasteiger partial charge in [0.1, 0.15) is 11.9 Å². The van der Waals surface area contributed by atoms with Gasteiger partial charge in [-0.2, -0.15) is 0 Å². The van der Waals surface area contributed by atoms with Crippen LogP contribution in [-0.2, 0) is 13.0 Å². The lowest BCUT2D eigenvalue weighted by atomic mass is 10.2. The highest BCUT2D eigenvalue weighted by atomic mass is 16.3. The number of nitrogen functional groups attached to an aromatic ring is 1. The Labute approximate surface area is 123 Å². The second-order valence-electron chi connectivity index (χ2n) is 5.12. The summed E-state index contributed by atoms with van der Waals surface area (Å²) in [5, 5.41) is 9.94. The number of aliphatic hydroxyl groups is 1. The number of anilines is 1. The van der Waals surface area contributed by atoms with E-state index in [2.05, 4.69) is 9.97 Å². The number of imidazole rings is 1. The van der Waals surface area contributed by atoms with Gasteiger partial charge in [-0.05, 0) is 37.3 Å². The molecule has 0 saturated carbocycles. The molecule has 0 aliphatic rings. The molecule has 0 amide bonds. The van der Waals surface area contributed by atoms with Gasteiger partial charge in [-0.3, -0.25) is 4.98 Å². The van der Waals surface area contributed by atoms with Crippen LogP contribution in [0.2, 0.25) is 0 Å². The van der Waals surface area contributed by atoms with E-state index in [1.165, 1.54) is 0 Å². The van der Waals surface area contributed by atoms with E-state index in [4.69, 9.17) is 5.73 Å². The molecule has 0 saturated heterocycles. The SMILES string of the molecule is CC(O)c1nc2cc(N)ccc2n1CCc1ccccn1. The minimum Gasteiger partial charge on any atom is -0.399 e. The van der Waals surface area contributed by atoms with Crippen LogP contribution in [0.5, 0.6) is 0 Å². The van der Waals surface area contributed by atoms with Crippen LogP contribution in [0.1, 0.15) is 24.5 Å². The lowest BCUT2D eigenvalue weighted by molar-refractivity contribution is 0.184. The van der Waals surface area contributed by atoms with Gasteiger partial charge in [-0.15, -0.1) is 0 Å². The van der Waals surface area contributed by atoms with Gasteiger partial charge in [-0.25, -0.2) is 4.98 Å². The van der Waals surface area contributed by atoms with Gasteiger partial charge in [-0.1, -0.05) is 6.07 Å². The molecule has 3 N–H and O–H groups in total. The van der Waals surface area contributed by atoms with Crippen molar-refractivity contribution in [2.45, 2.75) is 26.0 Å². The molecule has 0 aliphatic carbocycles. The van der Waals surface area contributed by atoms with Gasteiger partial charge in [0.25, 0.3) is 0 Å². The van der Waals surface area contributed by atoms with E-state index in [1.54, 1.807) is 13.1 Å². The van der Waals surface area contributed by atoms with Crippen LogP contribution in [0.25, 0.3) is 11.0 Å². The third-order valence-corrected chi connectivity index (χ3v) is 3.49. The van der Waals surface area contributed by atoms with Gasteiger partial charge in [0, 0.05) is 30.5 Å². The van der Waals surface area contributed by atoms with Crippen LogP contribution >= 0.6 is 0 Å². The van der Waals surface area contributed by atoms with E-state index >= 15 is 0 Å². The predicted octanol–water partition coefficient (Wildman–Crippen LogP) is 2.31. The smallest absolute Gasteiger partial charge is 0.138 e. The topological polar surface area (TPSA) is 77.0 Å². The minimum absolute atomic E-state index is 0.623. The Morgan fingerprint density at radius 3 is 2.86 bits per heavy atom. The number of pyridine rings is 1. The number of rotatable bonds is 4. The minimum atomic E-state index is -0.623. The van der Waals surface area contributed by atoms with Crippen LogP contribution in [0.3, 0.4) is 0 Å². The first-order valence-electron chi connectivity index (χ1n) is 6.99. The summed E-state index contributed by atoms with van der Waals surface area (Å²) in [5.74, 6) is 0.659. The van der Waals surface area contributed by atoms with Crippen LogP contribution in [-0.4, -0.2) is 19.6 Å². The third-order valence-electron chi connectivity index (χ3n) is 3.49. The van der Waals surface area contributed by atoms with Gasteiger partial charge in [0.15, 0.2) is 0 Å². The quantitative estimate of drug-likeness (QED) is 0.720. The number of benzene rings is 1. The largest absolute Gasteiger partial charge is 0.399 e. The van der Waals surface area contributed by atoms with Crippen molar-refractivity contribution < 1.29 is 5.11 Å². The average Bonchev–Trinajstić information content (AvgIpc) is 2.84. The first-order chi connectivity index (χ1) is 10.1. The molecule has 3 rings (SSSR count). The van der Waals surface area contributed by atoms with Crippen molar-refractivity contribution in [2.75, 3.05) is 5.73 Å². The molecule has 2 aromatic heterocycles. The van der Waals surface area contributed by atoms with E-state index in [0.29, 0.717) is 11.5 Å². The molecule has 0 radical (unpaired) electrons. The van der Waals surface area contributed by atoms with Crippen molar-refractivity contribution in [3.05, 3.63) is 54.1 Å². The second kappa shape index (κ2) is 5.54. The van der Waals surface area contributed by atoms with Crippen LogP contribution in [0, 0.1) is 0 Å². The number of aryl methyl sites for hydroxylation is 2. The molecular formula is C16H18N4O. The summed E-state index contributed by atoms with van der Waals surface area (Å²) in [6.07, 6.45) is 1.95. The zero-order chi connectivity index (χ0) is 14.8. The zero-order valence-corrected chi connectivity index (χ0v) is 11.9. The number of aliphatic hydroxyl groups excluding tert-OH is 1. The molecule has 5 heteroatoms. The summed E-state index contributed by atoms with van der Waals surface area (Å²) in [6, 6.07) is 11.5. The van der Waals surface area contributed by atoms with Gasteiger partial charge >= 0.3 is 0 Å². The Balaban J connectivity index is 1.97. The van der Waals surface area contributed by atoms with Crippen molar-refractivity contribution in [1.29, 1.82) is 0 Å². The van der Waals surface area contributed by atoms with Gasteiger partial charge in [0.2, 0.25) is 0 Å². The number of aromatic nitrogens is 3. The maximum absolute atomic E-state index is 9.94. The molecule has 0 fully saturated rings. The van der Waals surface area contributed by atoms with Crippen molar-refractivity contribution in [1.82, 2.24) is 14.5 Å². The van der Waals surface area contributed by atoms with E-state index in [1.807, 2.05) is 41.0 Å². The van der Waals surface area contributed by atoms with Crippen LogP contribution in [0.15, 0.2) is 42.6 Å². The van der Waals surface area contributed by atoms with Crippen LogP contribution in [0.4, 0.5) is 5.69 Å². The number of hydrogen-bond acceptors (Lipinski definition) is 4. The molecule has 108 valence electrons. The molecule has 3 aromatic rings. The molecular weight excluding hydrogens is 264 g/mol. The molecule has 2 heterocycles. The Kier molecular flexibility index (Phi) is 3.58. The molecule has 0 aliphatic heterocycles.